The van der Waals surface area contributed by atoms with E-state index >= 15 is 0 Å². The number of nitrogens with one attached hydrogen (secondary N) is 3. The van der Waals surface area contributed by atoms with E-state index in [0.717, 1.165) is 6.42 Å². The Hall–Kier alpha value is -2.70. The van der Waals surface area contributed by atoms with Crippen molar-refractivity contribution in [3.8, 4) is 0 Å². The number of H-pyrrole nitrogens is 1. The molecular weight excluding hydrogens is 270 g/mol. The second-order valence-electron chi connectivity index (χ2n) is 4.54. The number of carbonyl (C=O) groups excluding carboxylic acids is 2. The van der Waals surface area contributed by atoms with Crippen molar-refractivity contribution in [2.45, 2.75) is 20.3 Å². The summed E-state index contributed by atoms with van der Waals surface area (Å²) in [5, 5.41) is 11.8. The Labute approximate surface area is 122 Å². The summed E-state index contributed by atoms with van der Waals surface area (Å²) < 4.78 is 0. The molecule has 0 aliphatic carbocycles. The Kier molecular flexibility index (Phi) is 4.65. The van der Waals surface area contributed by atoms with Crippen LogP contribution in [0.25, 0.3) is 0 Å². The fourth-order valence-corrected chi connectivity index (χ4v) is 1.71. The zero-order valence-corrected chi connectivity index (χ0v) is 11.9. The van der Waals surface area contributed by atoms with Gasteiger partial charge >= 0.3 is 0 Å². The van der Waals surface area contributed by atoms with Crippen LogP contribution in [0.3, 0.4) is 0 Å². The number of aromatic nitrogens is 3. The van der Waals surface area contributed by atoms with Crippen molar-refractivity contribution in [1.82, 2.24) is 20.5 Å². The molecule has 1 aromatic carbocycles. The van der Waals surface area contributed by atoms with E-state index in [4.69, 9.17) is 0 Å². The van der Waals surface area contributed by atoms with E-state index in [1.807, 2.05) is 6.92 Å². The first-order chi connectivity index (χ1) is 10.1. The summed E-state index contributed by atoms with van der Waals surface area (Å²) in [5.74, 6) is 0.0355. The van der Waals surface area contributed by atoms with E-state index in [1.54, 1.807) is 31.2 Å². The first-order valence-electron chi connectivity index (χ1n) is 6.68. The van der Waals surface area contributed by atoms with Crippen LogP contribution in [-0.2, 0) is 0 Å². The highest BCUT2D eigenvalue weighted by Gasteiger charge is 2.12. The Bertz CT molecular complexity index is 650. The predicted molar refractivity (Wildman–Crippen MR) is 78.1 cm³/mol. The van der Waals surface area contributed by atoms with Crippen LogP contribution in [0.15, 0.2) is 24.3 Å². The number of hydrogen-bond donors (Lipinski definition) is 3. The van der Waals surface area contributed by atoms with Gasteiger partial charge in [-0.25, -0.2) is 4.98 Å². The summed E-state index contributed by atoms with van der Waals surface area (Å²) in [6.45, 7) is 4.31. The first kappa shape index (κ1) is 14.7. The van der Waals surface area contributed by atoms with Crippen molar-refractivity contribution in [3.63, 3.8) is 0 Å². The van der Waals surface area contributed by atoms with Crippen LogP contribution in [0.1, 0.15) is 40.1 Å². The van der Waals surface area contributed by atoms with Gasteiger partial charge in [-0.05, 0) is 31.5 Å². The van der Waals surface area contributed by atoms with Crippen LogP contribution in [0, 0.1) is 6.92 Å². The van der Waals surface area contributed by atoms with Crippen LogP contribution in [0.2, 0.25) is 0 Å². The SMILES string of the molecule is CCCNC(=O)c1cccc(NC(=O)c2n[nH]c(C)n2)c1. The number of aromatic amines is 1. The van der Waals surface area contributed by atoms with Gasteiger partial charge in [-0.3, -0.25) is 14.7 Å². The highest BCUT2D eigenvalue weighted by Crippen LogP contribution is 2.11. The molecule has 0 saturated carbocycles. The van der Waals surface area contributed by atoms with E-state index in [-0.39, 0.29) is 11.7 Å². The minimum absolute atomic E-state index is 0.0633. The molecule has 0 unspecified atom stereocenters. The maximum atomic E-state index is 11.9. The lowest BCUT2D eigenvalue weighted by Gasteiger charge is -2.06. The average Bonchev–Trinajstić information content (AvgIpc) is 2.91. The third kappa shape index (κ3) is 3.88. The lowest BCUT2D eigenvalue weighted by Crippen LogP contribution is -2.24. The van der Waals surface area contributed by atoms with Gasteiger partial charge in [0.25, 0.3) is 11.8 Å². The molecule has 0 bridgehead atoms. The molecule has 0 spiro atoms. The molecule has 7 nitrogen and oxygen atoms in total. The molecular formula is C14H17N5O2. The summed E-state index contributed by atoms with van der Waals surface area (Å²) in [7, 11) is 0. The van der Waals surface area contributed by atoms with Gasteiger partial charge in [-0.2, -0.15) is 0 Å². The molecule has 0 radical (unpaired) electrons. The van der Waals surface area contributed by atoms with E-state index in [0.29, 0.717) is 23.6 Å². The third-order valence-electron chi connectivity index (χ3n) is 2.72. The standard InChI is InChI=1S/C14H17N5O2/c1-3-7-15-13(20)10-5-4-6-11(8-10)17-14(21)12-16-9(2)18-19-12/h4-6,8H,3,7H2,1-2H3,(H,15,20)(H,17,21)(H,16,18,19). The quantitative estimate of drug-likeness (QED) is 0.776. The van der Waals surface area contributed by atoms with E-state index < -0.39 is 5.91 Å². The van der Waals surface area contributed by atoms with Crippen molar-refractivity contribution in [1.29, 1.82) is 0 Å². The number of nitrogens with zero attached hydrogens (tertiary/aromatic N) is 2. The van der Waals surface area contributed by atoms with E-state index in [2.05, 4.69) is 25.8 Å². The molecule has 2 rings (SSSR count). The number of hydrogen-bond acceptors (Lipinski definition) is 4. The normalized spacial score (nSPS) is 10.2. The zero-order chi connectivity index (χ0) is 15.2. The molecule has 2 aromatic rings. The smallest absolute Gasteiger partial charge is 0.295 e. The fraction of sp³-hybridized carbons (Fsp3) is 0.286. The van der Waals surface area contributed by atoms with Crippen molar-refractivity contribution in [3.05, 3.63) is 41.5 Å². The maximum Gasteiger partial charge on any atom is 0.295 e. The largest absolute Gasteiger partial charge is 0.352 e. The van der Waals surface area contributed by atoms with Gasteiger partial charge in [0.15, 0.2) is 0 Å². The Morgan fingerprint density at radius 1 is 1.29 bits per heavy atom. The summed E-state index contributed by atoms with van der Waals surface area (Å²) in [6.07, 6.45) is 0.867. The number of rotatable bonds is 5. The third-order valence-corrected chi connectivity index (χ3v) is 2.72. The molecule has 0 aliphatic rings. The lowest BCUT2D eigenvalue weighted by atomic mass is 10.2. The first-order valence-corrected chi connectivity index (χ1v) is 6.68. The lowest BCUT2D eigenvalue weighted by molar-refractivity contribution is 0.0952. The van der Waals surface area contributed by atoms with Crippen LogP contribution in [0.5, 0.6) is 0 Å². The van der Waals surface area contributed by atoms with Crippen LogP contribution in [0.4, 0.5) is 5.69 Å². The van der Waals surface area contributed by atoms with Gasteiger partial charge in [0.2, 0.25) is 5.82 Å². The minimum Gasteiger partial charge on any atom is -0.352 e. The van der Waals surface area contributed by atoms with Crippen molar-refractivity contribution in [2.24, 2.45) is 0 Å². The summed E-state index contributed by atoms with van der Waals surface area (Å²) in [6, 6.07) is 6.72. The summed E-state index contributed by atoms with van der Waals surface area (Å²) >= 11 is 0. The Morgan fingerprint density at radius 2 is 2.10 bits per heavy atom. The molecule has 7 heteroatoms. The molecule has 1 heterocycles. The van der Waals surface area contributed by atoms with Crippen molar-refractivity contribution >= 4 is 17.5 Å². The second-order valence-corrected chi connectivity index (χ2v) is 4.54. The zero-order valence-electron chi connectivity index (χ0n) is 11.9. The number of anilines is 1. The minimum atomic E-state index is -0.425. The van der Waals surface area contributed by atoms with Crippen LogP contribution < -0.4 is 10.6 Å². The number of amides is 2. The maximum absolute atomic E-state index is 11.9. The molecule has 110 valence electrons. The Balaban J connectivity index is 2.07. The molecule has 0 atom stereocenters. The number of aryl methyl sites for hydroxylation is 1. The van der Waals surface area contributed by atoms with Gasteiger partial charge < -0.3 is 10.6 Å². The monoisotopic (exact) mass is 287 g/mol. The predicted octanol–water partition coefficient (Wildman–Crippen LogP) is 1.51. The number of carbonyl (C=O) groups is 2. The van der Waals surface area contributed by atoms with Crippen molar-refractivity contribution < 1.29 is 9.59 Å². The van der Waals surface area contributed by atoms with Gasteiger partial charge in [-0.1, -0.05) is 13.0 Å². The topological polar surface area (TPSA) is 99.8 Å². The molecule has 0 aliphatic heterocycles. The van der Waals surface area contributed by atoms with E-state index in [1.165, 1.54) is 0 Å². The Morgan fingerprint density at radius 3 is 2.76 bits per heavy atom. The number of benzene rings is 1. The summed E-state index contributed by atoms with van der Waals surface area (Å²) in [4.78, 5) is 27.7. The molecule has 0 saturated heterocycles. The molecule has 2 amide bonds. The highest BCUT2D eigenvalue weighted by atomic mass is 16.2. The van der Waals surface area contributed by atoms with Gasteiger partial charge in [0, 0.05) is 17.8 Å². The average molecular weight is 287 g/mol. The van der Waals surface area contributed by atoms with Gasteiger partial charge in [-0.15, -0.1) is 5.10 Å². The molecule has 3 N–H and O–H groups in total. The van der Waals surface area contributed by atoms with Gasteiger partial charge in [0.1, 0.15) is 5.82 Å². The highest BCUT2D eigenvalue weighted by molar-refractivity contribution is 6.02. The van der Waals surface area contributed by atoms with Crippen LogP contribution >= 0.6 is 0 Å². The fourth-order valence-electron chi connectivity index (χ4n) is 1.71. The summed E-state index contributed by atoms with van der Waals surface area (Å²) in [5.41, 5.74) is 1.01. The van der Waals surface area contributed by atoms with Gasteiger partial charge in [0.05, 0.1) is 0 Å². The molecule has 0 fully saturated rings. The molecule has 21 heavy (non-hydrogen) atoms. The van der Waals surface area contributed by atoms with Crippen LogP contribution in [-0.4, -0.2) is 33.5 Å². The van der Waals surface area contributed by atoms with E-state index in [9.17, 15) is 9.59 Å². The second kappa shape index (κ2) is 6.65. The van der Waals surface area contributed by atoms with Crippen molar-refractivity contribution in [2.75, 3.05) is 11.9 Å². The molecule has 1 aromatic heterocycles.